The van der Waals surface area contributed by atoms with E-state index < -0.39 is 18.0 Å². The quantitative estimate of drug-likeness (QED) is 0.724. The third kappa shape index (κ3) is 2.85. The lowest BCUT2D eigenvalue weighted by Gasteiger charge is -2.14. The molecule has 0 fully saturated rings. The fraction of sp³-hybridized carbons (Fsp3) is 0.111. The van der Waals surface area contributed by atoms with Gasteiger partial charge in [0.05, 0.1) is 0 Å². The molecule has 0 bridgehead atoms. The number of benzene rings is 1. The maximum atomic E-state index is 10.9. The van der Waals surface area contributed by atoms with E-state index in [9.17, 15) is 9.59 Å². The number of carbonyl (C=O) groups is 2. The van der Waals surface area contributed by atoms with E-state index in [4.69, 9.17) is 22.4 Å². The summed E-state index contributed by atoms with van der Waals surface area (Å²) in [5.74, 6) is -1.22. The minimum Gasteiger partial charge on any atom is -0.479 e. The molecule has 6 heteroatoms. The van der Waals surface area contributed by atoms with Crippen molar-refractivity contribution in [2.24, 2.45) is 5.73 Å². The van der Waals surface area contributed by atoms with Crippen molar-refractivity contribution in [3.8, 4) is 0 Å². The van der Waals surface area contributed by atoms with Crippen LogP contribution in [0.2, 0.25) is 5.02 Å². The van der Waals surface area contributed by atoms with Crippen LogP contribution in [0.1, 0.15) is 11.6 Å². The summed E-state index contributed by atoms with van der Waals surface area (Å²) in [7, 11) is 0. The van der Waals surface area contributed by atoms with Crippen molar-refractivity contribution in [3.05, 3.63) is 34.9 Å². The van der Waals surface area contributed by atoms with Crippen LogP contribution in [0.4, 0.5) is 4.79 Å². The highest BCUT2D eigenvalue weighted by Crippen LogP contribution is 2.22. The van der Waals surface area contributed by atoms with Gasteiger partial charge in [-0.25, -0.2) is 9.59 Å². The topological polar surface area (TPSA) is 92.4 Å². The van der Waals surface area contributed by atoms with Crippen LogP contribution in [0.15, 0.2) is 24.3 Å². The third-order valence-corrected chi connectivity index (χ3v) is 2.09. The van der Waals surface area contributed by atoms with E-state index in [0.29, 0.717) is 5.56 Å². The van der Waals surface area contributed by atoms with Crippen LogP contribution >= 0.6 is 11.6 Å². The van der Waals surface area contributed by atoms with Crippen LogP contribution in [-0.2, 0) is 4.79 Å². The number of primary amides is 1. The van der Waals surface area contributed by atoms with Gasteiger partial charge in [0.15, 0.2) is 6.04 Å². The molecule has 2 amide bonds. The summed E-state index contributed by atoms with van der Waals surface area (Å²) in [4.78, 5) is 21.5. The van der Waals surface area contributed by atoms with Crippen LogP contribution in [0.5, 0.6) is 0 Å². The van der Waals surface area contributed by atoms with Crippen molar-refractivity contribution >= 4 is 23.6 Å². The number of nitrogens with one attached hydrogen (secondary N) is 1. The van der Waals surface area contributed by atoms with Gasteiger partial charge in [0.1, 0.15) is 0 Å². The molecule has 0 unspecified atom stereocenters. The van der Waals surface area contributed by atoms with Crippen LogP contribution in [0.25, 0.3) is 0 Å². The monoisotopic (exact) mass is 228 g/mol. The van der Waals surface area contributed by atoms with E-state index >= 15 is 0 Å². The van der Waals surface area contributed by atoms with Crippen molar-refractivity contribution < 1.29 is 14.7 Å². The number of carboxylic acids is 1. The average molecular weight is 229 g/mol. The van der Waals surface area contributed by atoms with Gasteiger partial charge in [0.25, 0.3) is 0 Å². The number of halogens is 1. The van der Waals surface area contributed by atoms with Gasteiger partial charge in [0.2, 0.25) is 0 Å². The first kappa shape index (κ1) is 11.3. The van der Waals surface area contributed by atoms with Gasteiger partial charge in [-0.1, -0.05) is 29.8 Å². The van der Waals surface area contributed by atoms with Gasteiger partial charge in [-0.15, -0.1) is 0 Å². The molecule has 0 aromatic heterocycles. The molecular weight excluding hydrogens is 220 g/mol. The molecular formula is C9H9ClN2O3. The SMILES string of the molecule is NC(=O)N[C@@H](C(=O)O)c1ccccc1Cl. The highest BCUT2D eigenvalue weighted by Gasteiger charge is 2.22. The van der Waals surface area contributed by atoms with Gasteiger partial charge in [-0.05, 0) is 6.07 Å². The number of nitrogens with two attached hydrogens (primary N) is 1. The van der Waals surface area contributed by atoms with Gasteiger partial charge in [0, 0.05) is 10.6 Å². The Morgan fingerprint density at radius 2 is 2.00 bits per heavy atom. The molecule has 4 N–H and O–H groups in total. The first-order valence-corrected chi connectivity index (χ1v) is 4.43. The lowest BCUT2D eigenvalue weighted by Crippen LogP contribution is -2.37. The molecule has 1 aromatic rings. The fourth-order valence-electron chi connectivity index (χ4n) is 1.12. The lowest BCUT2D eigenvalue weighted by atomic mass is 10.1. The number of rotatable bonds is 3. The van der Waals surface area contributed by atoms with Gasteiger partial charge in [-0.2, -0.15) is 0 Å². The molecule has 1 atom stereocenters. The Kier molecular flexibility index (Phi) is 3.51. The summed E-state index contributed by atoms with van der Waals surface area (Å²) < 4.78 is 0. The largest absolute Gasteiger partial charge is 0.479 e. The Morgan fingerprint density at radius 3 is 2.47 bits per heavy atom. The van der Waals surface area contributed by atoms with Gasteiger partial charge < -0.3 is 16.2 Å². The van der Waals surface area contributed by atoms with Gasteiger partial charge in [-0.3, -0.25) is 0 Å². The summed E-state index contributed by atoms with van der Waals surface area (Å²) in [5, 5.41) is 11.2. The zero-order valence-corrected chi connectivity index (χ0v) is 8.36. The fourth-order valence-corrected chi connectivity index (χ4v) is 1.37. The number of hydrogen-bond acceptors (Lipinski definition) is 2. The Bertz CT molecular complexity index is 395. The minimum atomic E-state index is -1.23. The van der Waals surface area contributed by atoms with E-state index in [2.05, 4.69) is 5.32 Å². The molecule has 0 radical (unpaired) electrons. The minimum absolute atomic E-state index is 0.263. The number of hydrogen-bond donors (Lipinski definition) is 3. The van der Waals surface area contributed by atoms with Crippen LogP contribution < -0.4 is 11.1 Å². The maximum Gasteiger partial charge on any atom is 0.331 e. The second-order valence-electron chi connectivity index (χ2n) is 2.80. The normalized spacial score (nSPS) is 11.8. The van der Waals surface area contributed by atoms with E-state index in [1.807, 2.05) is 0 Å². The van der Waals surface area contributed by atoms with Crippen molar-refractivity contribution in [1.29, 1.82) is 0 Å². The van der Waals surface area contributed by atoms with Crippen LogP contribution in [0, 0.1) is 0 Å². The van der Waals surface area contributed by atoms with Crippen molar-refractivity contribution in [2.75, 3.05) is 0 Å². The van der Waals surface area contributed by atoms with Crippen LogP contribution in [0.3, 0.4) is 0 Å². The standard InChI is InChI=1S/C9H9ClN2O3/c10-6-4-2-1-3-5(6)7(8(13)14)12-9(11)15/h1-4,7H,(H,13,14)(H3,11,12,15)/t7-/m1/s1. The third-order valence-electron chi connectivity index (χ3n) is 1.75. The van der Waals surface area contributed by atoms with Crippen LogP contribution in [-0.4, -0.2) is 17.1 Å². The molecule has 80 valence electrons. The molecule has 0 spiro atoms. The zero-order chi connectivity index (χ0) is 11.4. The van der Waals surface area contributed by atoms with E-state index in [-0.39, 0.29) is 5.02 Å². The molecule has 0 aliphatic rings. The zero-order valence-electron chi connectivity index (χ0n) is 7.61. The number of amides is 2. The average Bonchev–Trinajstić information content (AvgIpc) is 2.15. The second kappa shape index (κ2) is 4.65. The first-order chi connectivity index (χ1) is 7.02. The molecule has 0 aliphatic heterocycles. The number of carbonyl (C=O) groups excluding carboxylic acids is 1. The summed E-state index contributed by atoms with van der Waals surface area (Å²) in [6, 6.07) is 4.19. The molecule has 15 heavy (non-hydrogen) atoms. The van der Waals surface area contributed by atoms with Crippen molar-refractivity contribution in [1.82, 2.24) is 5.32 Å². The molecule has 0 aliphatic carbocycles. The van der Waals surface area contributed by atoms with E-state index in [1.165, 1.54) is 12.1 Å². The van der Waals surface area contributed by atoms with E-state index in [1.54, 1.807) is 12.1 Å². The summed E-state index contributed by atoms with van der Waals surface area (Å²) in [6.45, 7) is 0. The predicted octanol–water partition coefficient (Wildman–Crippen LogP) is 1.13. The number of aliphatic carboxylic acids is 1. The molecule has 1 rings (SSSR count). The Balaban J connectivity index is 3.04. The molecule has 1 aromatic carbocycles. The second-order valence-corrected chi connectivity index (χ2v) is 3.21. The maximum absolute atomic E-state index is 10.9. The summed E-state index contributed by atoms with van der Waals surface area (Å²) >= 11 is 5.79. The highest BCUT2D eigenvalue weighted by molar-refractivity contribution is 6.31. The molecule has 5 nitrogen and oxygen atoms in total. The Labute approximate surface area is 90.8 Å². The van der Waals surface area contributed by atoms with E-state index in [0.717, 1.165) is 0 Å². The molecule has 0 saturated heterocycles. The lowest BCUT2D eigenvalue weighted by molar-refractivity contribution is -0.139. The number of urea groups is 1. The summed E-state index contributed by atoms with van der Waals surface area (Å²) in [6.07, 6.45) is 0. The Hall–Kier alpha value is -1.75. The highest BCUT2D eigenvalue weighted by atomic mass is 35.5. The van der Waals surface area contributed by atoms with Gasteiger partial charge >= 0.3 is 12.0 Å². The van der Waals surface area contributed by atoms with Crippen molar-refractivity contribution in [2.45, 2.75) is 6.04 Å². The first-order valence-electron chi connectivity index (χ1n) is 4.05. The summed E-state index contributed by atoms with van der Waals surface area (Å²) in [5.41, 5.74) is 5.16. The smallest absolute Gasteiger partial charge is 0.331 e. The Morgan fingerprint density at radius 1 is 1.40 bits per heavy atom. The molecule has 0 heterocycles. The van der Waals surface area contributed by atoms with Crippen molar-refractivity contribution in [3.63, 3.8) is 0 Å². The number of carboxylic acid groups (broad SMARTS) is 1. The molecule has 0 saturated carbocycles. The predicted molar refractivity (Wildman–Crippen MR) is 54.5 cm³/mol.